The van der Waals surface area contributed by atoms with Crippen molar-refractivity contribution in [3.8, 4) is 0 Å². The zero-order valence-electron chi connectivity index (χ0n) is 15.5. The van der Waals surface area contributed by atoms with Gasteiger partial charge >= 0.3 is 17.6 Å². The summed E-state index contributed by atoms with van der Waals surface area (Å²) in [7, 11) is 0. The number of anilines is 1. The summed E-state index contributed by atoms with van der Waals surface area (Å²) < 4.78 is 32.0. The van der Waals surface area contributed by atoms with E-state index in [9.17, 15) is 18.8 Å². The molecule has 3 rings (SSSR count). The topological polar surface area (TPSA) is 141 Å². The van der Waals surface area contributed by atoms with Crippen LogP contribution in [0, 0.1) is 0 Å². The monoisotopic (exact) mass is 397 g/mol. The van der Waals surface area contributed by atoms with Crippen LogP contribution >= 0.6 is 0 Å². The summed E-state index contributed by atoms with van der Waals surface area (Å²) in [5, 5.41) is 0. The molecule has 1 aliphatic rings. The fraction of sp³-hybridized carbons (Fsp3) is 0.562. The molecule has 152 valence electrons. The number of hydrogen-bond acceptors (Lipinski definition) is 9. The van der Waals surface area contributed by atoms with E-state index in [-0.39, 0.29) is 30.3 Å². The van der Waals surface area contributed by atoms with Crippen LogP contribution in [0.25, 0.3) is 11.2 Å². The Kier molecular flexibility index (Phi) is 5.31. The number of nitrogens with zero attached hydrogens (tertiary/aromatic N) is 4. The van der Waals surface area contributed by atoms with Crippen LogP contribution in [0.15, 0.2) is 11.0 Å². The van der Waals surface area contributed by atoms with Gasteiger partial charge in [0.15, 0.2) is 24.2 Å². The van der Waals surface area contributed by atoms with Gasteiger partial charge in [0, 0.05) is 13.8 Å². The summed E-state index contributed by atoms with van der Waals surface area (Å²) >= 11 is 0. The third kappa shape index (κ3) is 3.67. The minimum Gasteiger partial charge on any atom is -0.461 e. The van der Waals surface area contributed by atoms with Gasteiger partial charge in [-0.25, -0.2) is 18.7 Å². The van der Waals surface area contributed by atoms with Crippen LogP contribution in [0.5, 0.6) is 0 Å². The molecule has 0 aliphatic carbocycles. The first kappa shape index (κ1) is 19.7. The van der Waals surface area contributed by atoms with Gasteiger partial charge in [-0.2, -0.15) is 4.98 Å². The molecule has 3 heterocycles. The molecule has 2 N–H and O–H groups in total. The molecule has 12 heteroatoms. The van der Waals surface area contributed by atoms with Crippen molar-refractivity contribution in [3.05, 3.63) is 16.7 Å². The highest BCUT2D eigenvalue weighted by Gasteiger charge is 2.43. The van der Waals surface area contributed by atoms with E-state index in [4.69, 9.17) is 19.9 Å². The van der Waals surface area contributed by atoms with Crippen molar-refractivity contribution in [1.82, 2.24) is 19.1 Å². The smallest absolute Gasteiger partial charge is 0.332 e. The third-order valence-electron chi connectivity index (χ3n) is 4.15. The number of hydrogen-bond donors (Lipinski definition) is 1. The van der Waals surface area contributed by atoms with E-state index in [0.29, 0.717) is 0 Å². The second-order valence-corrected chi connectivity index (χ2v) is 6.43. The molecule has 0 saturated carbocycles. The van der Waals surface area contributed by atoms with Gasteiger partial charge in [-0.05, 0) is 6.92 Å². The fourth-order valence-corrected chi connectivity index (χ4v) is 3.16. The lowest BCUT2D eigenvalue weighted by Gasteiger charge is -2.20. The summed E-state index contributed by atoms with van der Waals surface area (Å²) in [5.74, 6) is -1.32. The molecular weight excluding hydrogens is 377 g/mol. The standard InChI is InChI=1S/C16H20FN5O6/c1-7(27-8(2)23)5-21-11-4-19-15(18)20-13(11)22(16(21)25)14-12(28-9(3)24)10(17)6-26-14/h4,7,10,12,14H,5-6H2,1-3H3,(H2,18,19,20)/t7-,10?,12?,14?/m0/s1. The summed E-state index contributed by atoms with van der Waals surface area (Å²) in [5.41, 5.74) is 5.39. The Bertz CT molecular complexity index is 972. The molecule has 0 amide bonds. The lowest BCUT2D eigenvalue weighted by Crippen LogP contribution is -2.37. The number of carbonyl (C=O) groups is 2. The van der Waals surface area contributed by atoms with Gasteiger partial charge in [0.25, 0.3) is 0 Å². The molecule has 3 unspecified atom stereocenters. The molecule has 2 aromatic heterocycles. The van der Waals surface area contributed by atoms with Crippen molar-refractivity contribution >= 4 is 29.1 Å². The maximum absolute atomic E-state index is 14.2. The number of halogens is 1. The first-order valence-electron chi connectivity index (χ1n) is 8.52. The summed E-state index contributed by atoms with van der Waals surface area (Å²) in [4.78, 5) is 43.5. The number of ether oxygens (including phenoxy) is 3. The molecule has 0 bridgehead atoms. The van der Waals surface area contributed by atoms with E-state index in [1.54, 1.807) is 6.92 Å². The Labute approximate surface area is 158 Å². The van der Waals surface area contributed by atoms with Gasteiger partial charge < -0.3 is 19.9 Å². The molecule has 1 aliphatic heterocycles. The Hall–Kier alpha value is -3.02. The quantitative estimate of drug-likeness (QED) is 0.686. The first-order valence-corrected chi connectivity index (χ1v) is 8.52. The third-order valence-corrected chi connectivity index (χ3v) is 4.15. The minimum absolute atomic E-state index is 0.000796. The van der Waals surface area contributed by atoms with Crippen LogP contribution < -0.4 is 11.4 Å². The van der Waals surface area contributed by atoms with E-state index in [1.165, 1.54) is 17.7 Å². The molecule has 11 nitrogen and oxygen atoms in total. The van der Waals surface area contributed by atoms with Crippen molar-refractivity contribution in [2.45, 2.75) is 51.9 Å². The number of esters is 2. The fourth-order valence-electron chi connectivity index (χ4n) is 3.16. The lowest BCUT2D eigenvalue weighted by molar-refractivity contribution is -0.154. The number of nitrogens with two attached hydrogens (primary N) is 1. The Morgan fingerprint density at radius 1 is 1.43 bits per heavy atom. The van der Waals surface area contributed by atoms with E-state index in [1.807, 2.05) is 0 Å². The number of fused-ring (bicyclic) bond motifs is 1. The zero-order valence-corrected chi connectivity index (χ0v) is 15.5. The van der Waals surface area contributed by atoms with Crippen LogP contribution in [0.2, 0.25) is 0 Å². The average Bonchev–Trinajstić information content (AvgIpc) is 3.05. The van der Waals surface area contributed by atoms with Gasteiger partial charge in [-0.15, -0.1) is 0 Å². The first-order chi connectivity index (χ1) is 13.2. The van der Waals surface area contributed by atoms with Crippen LogP contribution in [-0.2, 0) is 30.3 Å². The normalized spacial score (nSPS) is 22.9. The van der Waals surface area contributed by atoms with E-state index in [0.717, 1.165) is 11.5 Å². The summed E-state index contributed by atoms with van der Waals surface area (Å²) in [6.45, 7) is 3.64. The van der Waals surface area contributed by atoms with Crippen molar-refractivity contribution in [2.75, 3.05) is 12.3 Å². The van der Waals surface area contributed by atoms with Gasteiger partial charge in [-0.1, -0.05) is 0 Å². The Balaban J connectivity index is 2.11. The second kappa shape index (κ2) is 7.54. The predicted octanol–water partition coefficient (Wildman–Crippen LogP) is -0.0746. The highest BCUT2D eigenvalue weighted by molar-refractivity contribution is 5.72. The number of rotatable bonds is 5. The van der Waals surface area contributed by atoms with Gasteiger partial charge in [0.2, 0.25) is 5.95 Å². The number of carbonyl (C=O) groups excluding carboxylic acids is 2. The molecule has 0 spiro atoms. The molecule has 0 aromatic carbocycles. The lowest BCUT2D eigenvalue weighted by atomic mass is 10.2. The van der Waals surface area contributed by atoms with E-state index < -0.39 is 42.2 Å². The Morgan fingerprint density at radius 3 is 2.79 bits per heavy atom. The summed E-state index contributed by atoms with van der Waals surface area (Å²) in [6.07, 6.45) is -3.46. The number of aromatic nitrogens is 4. The van der Waals surface area contributed by atoms with Crippen LogP contribution in [0.4, 0.5) is 10.3 Å². The zero-order chi connectivity index (χ0) is 20.6. The minimum atomic E-state index is -1.61. The number of imidazole rings is 1. The second-order valence-electron chi connectivity index (χ2n) is 6.43. The van der Waals surface area contributed by atoms with Gasteiger partial charge in [-0.3, -0.25) is 14.2 Å². The predicted molar refractivity (Wildman–Crippen MR) is 92.9 cm³/mol. The molecule has 1 fully saturated rings. The van der Waals surface area contributed by atoms with Crippen molar-refractivity contribution in [2.24, 2.45) is 0 Å². The largest absolute Gasteiger partial charge is 0.461 e. The van der Waals surface area contributed by atoms with Gasteiger partial charge in [0.05, 0.1) is 19.3 Å². The molecule has 2 aromatic rings. The maximum Gasteiger partial charge on any atom is 0.332 e. The maximum atomic E-state index is 14.2. The van der Waals surface area contributed by atoms with Crippen molar-refractivity contribution in [3.63, 3.8) is 0 Å². The average molecular weight is 397 g/mol. The van der Waals surface area contributed by atoms with Crippen LogP contribution in [0.3, 0.4) is 0 Å². The molecule has 0 radical (unpaired) electrons. The van der Waals surface area contributed by atoms with Crippen molar-refractivity contribution in [1.29, 1.82) is 0 Å². The highest BCUT2D eigenvalue weighted by Crippen LogP contribution is 2.30. The summed E-state index contributed by atoms with van der Waals surface area (Å²) in [6, 6.07) is 0. The number of nitrogen functional groups attached to an aromatic ring is 1. The van der Waals surface area contributed by atoms with Crippen molar-refractivity contribution < 1.29 is 28.2 Å². The van der Waals surface area contributed by atoms with Gasteiger partial charge in [0.1, 0.15) is 11.6 Å². The molecule has 28 heavy (non-hydrogen) atoms. The molecular formula is C16H20FN5O6. The highest BCUT2D eigenvalue weighted by atomic mass is 19.1. The SMILES string of the molecule is CC(=O)OC1C(F)COC1n1c(=O)n(C[C@H](C)OC(C)=O)c2cnc(N)nc21. The number of alkyl halides is 1. The van der Waals surface area contributed by atoms with E-state index >= 15 is 0 Å². The molecule has 1 saturated heterocycles. The Morgan fingerprint density at radius 2 is 2.14 bits per heavy atom. The van der Waals surface area contributed by atoms with Crippen LogP contribution in [0.1, 0.15) is 27.0 Å². The van der Waals surface area contributed by atoms with Crippen LogP contribution in [-0.4, -0.2) is 56.0 Å². The van der Waals surface area contributed by atoms with E-state index in [2.05, 4.69) is 9.97 Å². The molecule has 4 atom stereocenters.